The second-order valence-corrected chi connectivity index (χ2v) is 5.71. The monoisotopic (exact) mass is 307 g/mol. The fraction of sp³-hybridized carbons (Fsp3) is 0.467. The smallest absolute Gasteiger partial charge is 0.263 e. The molecule has 1 heterocycles. The molecule has 118 valence electrons. The minimum atomic E-state index is -2.49. The van der Waals surface area contributed by atoms with Crippen molar-refractivity contribution in [1.82, 2.24) is 0 Å². The molecule has 0 bridgehead atoms. The third kappa shape index (κ3) is 2.51. The number of hydrogen-bond acceptors (Lipinski definition) is 5. The lowest BCUT2D eigenvalue weighted by molar-refractivity contribution is 0.151. The van der Waals surface area contributed by atoms with Gasteiger partial charge in [-0.2, -0.15) is 4.99 Å². The van der Waals surface area contributed by atoms with Gasteiger partial charge in [0.15, 0.2) is 0 Å². The summed E-state index contributed by atoms with van der Waals surface area (Å²) >= 11 is 0. The first-order chi connectivity index (χ1) is 10.5. The van der Waals surface area contributed by atoms with Crippen molar-refractivity contribution in [3.63, 3.8) is 0 Å². The Kier molecular flexibility index (Phi) is 3.72. The Hall–Kier alpha value is -2.18. The van der Waals surface area contributed by atoms with Crippen LogP contribution in [0.3, 0.4) is 0 Å². The van der Waals surface area contributed by atoms with E-state index in [0.29, 0.717) is 5.69 Å². The summed E-state index contributed by atoms with van der Waals surface area (Å²) in [6.07, 6.45) is 2.34. The van der Waals surface area contributed by atoms with E-state index in [1.165, 1.54) is 12.1 Å². The molecule has 1 saturated carbocycles. The van der Waals surface area contributed by atoms with Crippen molar-refractivity contribution < 1.29 is 8.78 Å². The summed E-state index contributed by atoms with van der Waals surface area (Å²) in [6, 6.07) is 6.09. The van der Waals surface area contributed by atoms with Gasteiger partial charge in [-0.05, 0) is 37.8 Å². The Balaban J connectivity index is 2.00. The van der Waals surface area contributed by atoms with E-state index >= 15 is 0 Å². The largest absolute Gasteiger partial charge is 0.369 e. The van der Waals surface area contributed by atoms with Crippen LogP contribution in [0.5, 0.6) is 0 Å². The highest BCUT2D eigenvalue weighted by molar-refractivity contribution is 6.05. The fourth-order valence-corrected chi connectivity index (χ4v) is 3.26. The van der Waals surface area contributed by atoms with Crippen molar-refractivity contribution in [3.05, 3.63) is 29.8 Å². The zero-order chi connectivity index (χ0) is 15.7. The molecule has 3 rings (SSSR count). The lowest BCUT2D eigenvalue weighted by atomic mass is 9.87. The molecular weight excluding hydrogens is 288 g/mol. The summed E-state index contributed by atoms with van der Waals surface area (Å²) in [5.41, 5.74) is 12.0. The van der Waals surface area contributed by atoms with E-state index in [1.807, 2.05) is 4.90 Å². The summed E-state index contributed by atoms with van der Waals surface area (Å²) in [5, 5.41) is 0. The summed E-state index contributed by atoms with van der Waals surface area (Å²) in [4.78, 5) is 10.4. The molecule has 1 aliphatic heterocycles. The molecule has 1 spiro atoms. The van der Waals surface area contributed by atoms with Gasteiger partial charge < -0.3 is 11.5 Å². The molecule has 1 aliphatic carbocycles. The number of halogens is 2. The Morgan fingerprint density at radius 2 is 1.68 bits per heavy atom. The van der Waals surface area contributed by atoms with Crippen LogP contribution in [0.1, 0.15) is 44.1 Å². The number of guanidine groups is 2. The quantitative estimate of drug-likeness (QED) is 0.881. The van der Waals surface area contributed by atoms with Crippen LogP contribution in [0.2, 0.25) is 0 Å². The van der Waals surface area contributed by atoms with Crippen molar-refractivity contribution in [2.45, 2.75) is 44.2 Å². The van der Waals surface area contributed by atoms with Gasteiger partial charge in [0.05, 0.1) is 0 Å². The van der Waals surface area contributed by atoms with Crippen molar-refractivity contribution in [1.29, 1.82) is 0 Å². The summed E-state index contributed by atoms with van der Waals surface area (Å²) < 4.78 is 25.4. The Labute approximate surface area is 127 Å². The minimum Gasteiger partial charge on any atom is -0.369 e. The number of hydrogen-bond donors (Lipinski definition) is 2. The second kappa shape index (κ2) is 5.55. The van der Waals surface area contributed by atoms with Crippen LogP contribution in [0.4, 0.5) is 14.5 Å². The summed E-state index contributed by atoms with van der Waals surface area (Å²) in [7, 11) is 0. The van der Waals surface area contributed by atoms with Crippen LogP contribution in [0, 0.1) is 0 Å². The number of aliphatic imine (C=N–C) groups is 2. The van der Waals surface area contributed by atoms with Crippen LogP contribution >= 0.6 is 0 Å². The van der Waals surface area contributed by atoms with E-state index in [9.17, 15) is 8.78 Å². The lowest BCUT2D eigenvalue weighted by Gasteiger charge is -2.45. The van der Waals surface area contributed by atoms with Gasteiger partial charge in [0, 0.05) is 11.3 Å². The predicted molar refractivity (Wildman–Crippen MR) is 82.9 cm³/mol. The number of nitrogens with zero attached hydrogens (tertiary/aromatic N) is 3. The zero-order valence-corrected chi connectivity index (χ0v) is 12.2. The molecule has 0 amide bonds. The highest BCUT2D eigenvalue weighted by Gasteiger charge is 2.42. The first kappa shape index (κ1) is 14.7. The fourth-order valence-electron chi connectivity index (χ4n) is 3.26. The minimum absolute atomic E-state index is 0.0167. The Bertz CT molecular complexity index is 603. The van der Waals surface area contributed by atoms with E-state index in [0.717, 1.165) is 32.1 Å². The zero-order valence-electron chi connectivity index (χ0n) is 12.2. The maximum Gasteiger partial charge on any atom is 0.263 e. The molecule has 7 heteroatoms. The van der Waals surface area contributed by atoms with Crippen LogP contribution in [0.25, 0.3) is 0 Å². The summed E-state index contributed by atoms with van der Waals surface area (Å²) in [5.74, 6) is 0.444. The van der Waals surface area contributed by atoms with Gasteiger partial charge in [-0.15, -0.1) is 0 Å². The number of benzene rings is 1. The number of nitrogens with two attached hydrogens (primary N) is 2. The van der Waals surface area contributed by atoms with Gasteiger partial charge in [0.1, 0.15) is 5.66 Å². The van der Waals surface area contributed by atoms with E-state index in [2.05, 4.69) is 9.98 Å². The van der Waals surface area contributed by atoms with E-state index in [1.54, 1.807) is 12.1 Å². The average Bonchev–Trinajstić information content (AvgIpc) is 2.47. The SMILES string of the molecule is NC1=NC2(CCCCC2)N(c2ccc(C(F)F)cc2)C(N)=N1. The first-order valence-corrected chi connectivity index (χ1v) is 7.40. The maximum atomic E-state index is 12.7. The van der Waals surface area contributed by atoms with Gasteiger partial charge in [-0.25, -0.2) is 13.8 Å². The van der Waals surface area contributed by atoms with Crippen molar-refractivity contribution in [2.75, 3.05) is 4.90 Å². The molecule has 0 unspecified atom stereocenters. The van der Waals surface area contributed by atoms with Crippen molar-refractivity contribution >= 4 is 17.6 Å². The van der Waals surface area contributed by atoms with E-state index < -0.39 is 12.1 Å². The van der Waals surface area contributed by atoms with E-state index in [4.69, 9.17) is 11.5 Å². The third-order valence-corrected chi connectivity index (χ3v) is 4.25. The number of alkyl halides is 2. The van der Waals surface area contributed by atoms with Crippen LogP contribution in [0.15, 0.2) is 34.3 Å². The Morgan fingerprint density at radius 3 is 2.27 bits per heavy atom. The molecule has 1 aromatic carbocycles. The molecule has 0 radical (unpaired) electrons. The van der Waals surface area contributed by atoms with Gasteiger partial charge in [0.2, 0.25) is 11.9 Å². The average molecular weight is 307 g/mol. The number of rotatable bonds is 2. The lowest BCUT2D eigenvalue weighted by Crippen LogP contribution is -2.58. The normalized spacial score (nSPS) is 21.0. The topological polar surface area (TPSA) is 80.0 Å². The molecule has 1 fully saturated rings. The van der Waals surface area contributed by atoms with Crippen LogP contribution < -0.4 is 16.4 Å². The molecule has 4 N–H and O–H groups in total. The molecule has 0 aromatic heterocycles. The molecule has 1 aromatic rings. The number of anilines is 1. The first-order valence-electron chi connectivity index (χ1n) is 7.40. The molecule has 5 nitrogen and oxygen atoms in total. The van der Waals surface area contributed by atoms with Gasteiger partial charge in [0.25, 0.3) is 6.43 Å². The third-order valence-electron chi connectivity index (χ3n) is 4.25. The summed E-state index contributed by atoms with van der Waals surface area (Å²) in [6.45, 7) is 0. The standard InChI is InChI=1S/C15H19F2N5/c16-12(17)10-4-6-11(7-5-10)22-14(19)20-13(18)21-15(22)8-2-1-3-9-15/h4-7,12H,1-3,8-9H2,(H4,18,19,20,21). The van der Waals surface area contributed by atoms with Crippen LogP contribution in [-0.2, 0) is 0 Å². The molecule has 22 heavy (non-hydrogen) atoms. The predicted octanol–water partition coefficient (Wildman–Crippen LogP) is 2.73. The van der Waals surface area contributed by atoms with Crippen molar-refractivity contribution in [2.24, 2.45) is 21.5 Å². The Morgan fingerprint density at radius 1 is 1.05 bits per heavy atom. The molecule has 2 aliphatic rings. The van der Waals surface area contributed by atoms with Crippen molar-refractivity contribution in [3.8, 4) is 0 Å². The van der Waals surface area contributed by atoms with Gasteiger partial charge >= 0.3 is 0 Å². The maximum absolute atomic E-state index is 12.7. The van der Waals surface area contributed by atoms with E-state index in [-0.39, 0.29) is 17.5 Å². The van der Waals surface area contributed by atoms with Gasteiger partial charge in [-0.1, -0.05) is 18.6 Å². The second-order valence-electron chi connectivity index (χ2n) is 5.71. The highest BCUT2D eigenvalue weighted by atomic mass is 19.3. The molecule has 0 atom stereocenters. The molecule has 0 saturated heterocycles. The molecular formula is C15H19F2N5. The van der Waals surface area contributed by atoms with Crippen LogP contribution in [-0.4, -0.2) is 17.6 Å². The highest BCUT2D eigenvalue weighted by Crippen LogP contribution is 2.39. The van der Waals surface area contributed by atoms with Gasteiger partial charge in [-0.3, -0.25) is 4.90 Å².